The van der Waals surface area contributed by atoms with E-state index in [1.165, 1.54) is 23.1 Å². The van der Waals surface area contributed by atoms with E-state index in [4.69, 9.17) is 0 Å². The van der Waals surface area contributed by atoms with E-state index >= 15 is 0 Å². The molecule has 1 aromatic heterocycles. The smallest absolute Gasteiger partial charge is 0.277 e. The second-order valence-corrected chi connectivity index (χ2v) is 10.9. The van der Waals surface area contributed by atoms with Crippen molar-refractivity contribution in [1.29, 1.82) is 0 Å². The van der Waals surface area contributed by atoms with Crippen molar-refractivity contribution in [2.24, 2.45) is 5.92 Å². The molecular weight excluding hydrogens is 481 g/mol. The number of halogens is 3. The third-order valence-electron chi connectivity index (χ3n) is 6.87. The highest BCUT2D eigenvalue weighted by molar-refractivity contribution is 7.87. The van der Waals surface area contributed by atoms with Crippen molar-refractivity contribution in [1.82, 2.24) is 19.3 Å². The van der Waals surface area contributed by atoms with Gasteiger partial charge >= 0.3 is 0 Å². The summed E-state index contributed by atoms with van der Waals surface area (Å²) in [6.07, 6.45) is 1.36. The Hall–Kier alpha value is -2.89. The highest BCUT2D eigenvalue weighted by Crippen LogP contribution is 2.48. The fourth-order valence-corrected chi connectivity index (χ4v) is 6.21. The average molecular weight is 507 g/mol. The van der Waals surface area contributed by atoms with E-state index in [1.54, 1.807) is 19.2 Å². The third-order valence-corrected chi connectivity index (χ3v) is 8.06. The van der Waals surface area contributed by atoms with Gasteiger partial charge in [0, 0.05) is 44.1 Å². The Kier molecular flexibility index (Phi) is 6.10. The SMILES string of the molecule is CN1CC(NS(=O)(=O)NCC2CC(c3c(-c4ccc(F)cc4)[nH]c4c(F)cc(F)cc34)C2)CC1=O. The Morgan fingerprint density at radius 1 is 1.09 bits per heavy atom. The number of aromatic nitrogens is 1. The molecule has 3 aromatic rings. The molecule has 1 atom stereocenters. The summed E-state index contributed by atoms with van der Waals surface area (Å²) in [6.45, 7) is 0.532. The summed E-state index contributed by atoms with van der Waals surface area (Å²) < 4.78 is 71.9. The molecular formula is C24H25F3N4O3S. The Bertz CT molecular complexity index is 1390. The van der Waals surface area contributed by atoms with Crippen LogP contribution in [0.4, 0.5) is 13.2 Å². The Balaban J connectivity index is 1.31. The molecule has 7 nitrogen and oxygen atoms in total. The first-order valence-corrected chi connectivity index (χ1v) is 12.9. The number of carbonyl (C=O) groups is 1. The van der Waals surface area contributed by atoms with E-state index in [0.717, 1.165) is 11.6 Å². The number of likely N-dealkylation sites (tertiary alicyclic amines) is 1. The zero-order valence-corrected chi connectivity index (χ0v) is 19.8. The molecule has 0 spiro atoms. The lowest BCUT2D eigenvalue weighted by Gasteiger charge is -2.36. The van der Waals surface area contributed by atoms with Gasteiger partial charge in [-0.25, -0.2) is 17.9 Å². The average Bonchev–Trinajstić information content (AvgIpc) is 3.26. The van der Waals surface area contributed by atoms with Crippen molar-refractivity contribution >= 4 is 27.0 Å². The molecule has 2 fully saturated rings. The molecule has 1 amide bonds. The van der Waals surface area contributed by atoms with Crippen LogP contribution in [0.15, 0.2) is 36.4 Å². The number of nitrogens with one attached hydrogen (secondary N) is 3. The predicted octanol–water partition coefficient (Wildman–Crippen LogP) is 3.40. The number of rotatable bonds is 7. The molecule has 0 bridgehead atoms. The van der Waals surface area contributed by atoms with Gasteiger partial charge in [-0.05, 0) is 66.1 Å². The van der Waals surface area contributed by atoms with Crippen LogP contribution in [0.1, 0.15) is 30.7 Å². The first-order valence-electron chi connectivity index (χ1n) is 11.4. The largest absolute Gasteiger partial charge is 0.352 e. The van der Waals surface area contributed by atoms with E-state index in [1.807, 2.05) is 0 Å². The normalized spacial score (nSPS) is 22.7. The maximum atomic E-state index is 14.5. The molecule has 5 rings (SSSR count). The number of likely N-dealkylation sites (N-methyl/N-ethyl adjacent to an activating group) is 1. The molecule has 2 aromatic carbocycles. The van der Waals surface area contributed by atoms with Crippen LogP contribution in [0.2, 0.25) is 0 Å². The molecule has 2 aliphatic rings. The summed E-state index contributed by atoms with van der Waals surface area (Å²) >= 11 is 0. The second kappa shape index (κ2) is 8.96. The number of fused-ring (bicyclic) bond motifs is 1. The predicted molar refractivity (Wildman–Crippen MR) is 125 cm³/mol. The third kappa shape index (κ3) is 4.80. The number of amides is 1. The van der Waals surface area contributed by atoms with Crippen LogP contribution < -0.4 is 9.44 Å². The number of hydrogen-bond donors (Lipinski definition) is 3. The van der Waals surface area contributed by atoms with E-state index in [9.17, 15) is 26.4 Å². The summed E-state index contributed by atoms with van der Waals surface area (Å²) in [4.78, 5) is 16.2. The maximum absolute atomic E-state index is 14.5. The number of benzene rings is 2. The summed E-state index contributed by atoms with van der Waals surface area (Å²) in [7, 11) is -2.15. The van der Waals surface area contributed by atoms with Gasteiger partial charge < -0.3 is 9.88 Å². The number of hydrogen-bond acceptors (Lipinski definition) is 3. The molecule has 2 heterocycles. The van der Waals surface area contributed by atoms with Crippen molar-refractivity contribution in [3.8, 4) is 11.3 Å². The first-order chi connectivity index (χ1) is 16.6. The molecule has 1 unspecified atom stereocenters. The van der Waals surface area contributed by atoms with Gasteiger partial charge in [0.15, 0.2) is 0 Å². The number of H-pyrrole nitrogens is 1. The van der Waals surface area contributed by atoms with Crippen LogP contribution in [0.3, 0.4) is 0 Å². The van der Waals surface area contributed by atoms with Gasteiger partial charge in [-0.2, -0.15) is 13.1 Å². The highest BCUT2D eigenvalue weighted by atomic mass is 32.2. The minimum Gasteiger partial charge on any atom is -0.352 e. The van der Waals surface area contributed by atoms with E-state index in [-0.39, 0.29) is 36.2 Å². The van der Waals surface area contributed by atoms with Crippen LogP contribution in [0.5, 0.6) is 0 Å². The van der Waals surface area contributed by atoms with Crippen molar-refractivity contribution in [3.05, 3.63) is 59.4 Å². The standard InChI is InChI=1S/C24H25F3N4O3S/c1-31-12-18(10-21(31)32)30-35(33,34)28-11-13-6-15(7-13)22-19-8-17(26)9-20(27)24(19)29-23(22)14-2-4-16(25)5-3-14/h2-5,8-9,13,15,18,28-30H,6-7,10-12H2,1H3. The zero-order chi connectivity index (χ0) is 24.9. The lowest BCUT2D eigenvalue weighted by molar-refractivity contribution is -0.126. The quantitative estimate of drug-likeness (QED) is 0.459. The molecule has 1 saturated carbocycles. The van der Waals surface area contributed by atoms with Crippen molar-refractivity contribution in [2.45, 2.75) is 31.2 Å². The van der Waals surface area contributed by atoms with Crippen LogP contribution in [-0.2, 0) is 15.0 Å². The van der Waals surface area contributed by atoms with Crippen LogP contribution >= 0.6 is 0 Å². The van der Waals surface area contributed by atoms with Crippen molar-refractivity contribution in [3.63, 3.8) is 0 Å². The first kappa shape index (κ1) is 23.8. The van der Waals surface area contributed by atoms with Crippen LogP contribution in [-0.4, -0.2) is 50.4 Å². The van der Waals surface area contributed by atoms with Crippen molar-refractivity contribution in [2.75, 3.05) is 20.1 Å². The maximum Gasteiger partial charge on any atom is 0.277 e. The van der Waals surface area contributed by atoms with Gasteiger partial charge in [0.2, 0.25) is 5.91 Å². The van der Waals surface area contributed by atoms with Crippen molar-refractivity contribution < 1.29 is 26.4 Å². The molecule has 1 aliphatic carbocycles. The minimum atomic E-state index is -3.78. The molecule has 35 heavy (non-hydrogen) atoms. The molecule has 186 valence electrons. The second-order valence-electron chi connectivity index (χ2n) is 9.41. The van der Waals surface area contributed by atoms with E-state index < -0.39 is 33.7 Å². The monoisotopic (exact) mass is 506 g/mol. The van der Waals surface area contributed by atoms with Gasteiger partial charge in [0.25, 0.3) is 10.2 Å². The Labute approximate surface area is 200 Å². The zero-order valence-electron chi connectivity index (χ0n) is 18.9. The van der Waals surface area contributed by atoms with Gasteiger partial charge in [-0.1, -0.05) is 0 Å². The van der Waals surface area contributed by atoms with E-state index in [0.29, 0.717) is 36.0 Å². The summed E-state index contributed by atoms with van der Waals surface area (Å²) in [5, 5.41) is 0.433. The minimum absolute atomic E-state index is 0.0360. The summed E-state index contributed by atoms with van der Waals surface area (Å²) in [6, 6.07) is 7.42. The molecule has 11 heteroatoms. The summed E-state index contributed by atoms with van der Waals surface area (Å²) in [5.41, 5.74) is 2.19. The molecule has 1 saturated heterocycles. The topological polar surface area (TPSA) is 94.3 Å². The van der Waals surface area contributed by atoms with Crippen LogP contribution in [0, 0.1) is 23.4 Å². The number of aromatic amines is 1. The Morgan fingerprint density at radius 2 is 1.80 bits per heavy atom. The lowest BCUT2D eigenvalue weighted by Crippen LogP contribution is -2.46. The lowest BCUT2D eigenvalue weighted by atomic mass is 9.70. The van der Waals surface area contributed by atoms with Gasteiger partial charge in [-0.15, -0.1) is 0 Å². The fraction of sp³-hybridized carbons (Fsp3) is 0.375. The fourth-order valence-electron chi connectivity index (χ4n) is 5.08. The van der Waals surface area contributed by atoms with Gasteiger partial charge in [0.05, 0.1) is 11.2 Å². The highest BCUT2D eigenvalue weighted by Gasteiger charge is 2.36. The van der Waals surface area contributed by atoms with Gasteiger partial charge in [-0.3, -0.25) is 4.79 Å². The van der Waals surface area contributed by atoms with E-state index in [2.05, 4.69) is 14.4 Å². The molecule has 1 aliphatic heterocycles. The number of nitrogens with zero attached hydrogens (tertiary/aromatic N) is 1. The van der Waals surface area contributed by atoms with Gasteiger partial charge in [0.1, 0.15) is 17.5 Å². The van der Waals surface area contributed by atoms with Crippen LogP contribution in [0.25, 0.3) is 22.2 Å². The Morgan fingerprint density at radius 3 is 2.46 bits per heavy atom. The molecule has 3 N–H and O–H groups in total. The molecule has 0 radical (unpaired) electrons. The number of carbonyl (C=O) groups excluding carboxylic acids is 1. The summed E-state index contributed by atoms with van der Waals surface area (Å²) in [5.74, 6) is -1.92.